The second-order valence-electron chi connectivity index (χ2n) is 8.67. The molecule has 0 aromatic heterocycles. The number of rotatable bonds is 10. The molecule has 0 heterocycles. The fourth-order valence-corrected chi connectivity index (χ4v) is 5.09. The number of ether oxygens (including phenoxy) is 1. The van der Waals surface area contributed by atoms with Crippen molar-refractivity contribution in [3.8, 4) is 0 Å². The van der Waals surface area contributed by atoms with Crippen LogP contribution in [-0.2, 0) is 10.9 Å². The van der Waals surface area contributed by atoms with Gasteiger partial charge in [-0.15, -0.1) is 0 Å². The number of halogens is 12. The summed E-state index contributed by atoms with van der Waals surface area (Å²) < 4.78 is 126. The van der Waals surface area contributed by atoms with E-state index >= 15 is 0 Å². The number of carbonyl (C=O) groups excluding carboxylic acids is 1. The summed E-state index contributed by atoms with van der Waals surface area (Å²) in [7, 11) is 0.952. The normalized spacial score (nSPS) is 14.7. The second kappa shape index (κ2) is 13.5. The summed E-state index contributed by atoms with van der Waals surface area (Å²) in [4.78, 5) is 12.7. The molecule has 0 saturated carbocycles. The monoisotopic (exact) mass is 660 g/mol. The smallest absolute Gasteiger partial charge is 0.417 e. The van der Waals surface area contributed by atoms with E-state index in [1.807, 2.05) is 0 Å². The Kier molecular flexibility index (Phi) is 11.6. The number of ketones is 1. The quantitative estimate of drug-likeness (QED) is 0.110. The Labute approximate surface area is 242 Å². The summed E-state index contributed by atoms with van der Waals surface area (Å²) in [6.45, 7) is 1.42. The third kappa shape index (κ3) is 9.66. The van der Waals surface area contributed by atoms with E-state index in [0.29, 0.717) is 23.9 Å². The molecule has 2 aromatic rings. The molecular weight excluding hydrogens is 642 g/mol. The molecular formula is C25H20Cl3F9O2S. The summed E-state index contributed by atoms with van der Waals surface area (Å²) in [6.07, 6.45) is -14.4. The zero-order valence-electron chi connectivity index (χ0n) is 20.5. The van der Waals surface area contributed by atoms with E-state index in [4.69, 9.17) is 39.5 Å². The van der Waals surface area contributed by atoms with Crippen molar-refractivity contribution in [3.63, 3.8) is 0 Å². The minimum atomic E-state index is -5.09. The molecule has 0 amide bonds. The first kappa shape index (κ1) is 34.4. The molecule has 0 radical (unpaired) electrons. The largest absolute Gasteiger partial charge is 0.496 e. The van der Waals surface area contributed by atoms with Gasteiger partial charge in [0.2, 0.25) is 0 Å². The molecule has 0 aliphatic rings. The number of benzene rings is 2. The summed E-state index contributed by atoms with van der Waals surface area (Å²) in [6, 6.07) is 4.07. The maximum atomic E-state index is 14.0. The number of hydrogen-bond donors (Lipinski definition) is 0. The minimum absolute atomic E-state index is 0.126. The minimum Gasteiger partial charge on any atom is -0.496 e. The Bertz CT molecular complexity index is 1220. The Balaban J connectivity index is 2.48. The van der Waals surface area contributed by atoms with Crippen LogP contribution in [0.25, 0.3) is 5.76 Å². The first-order valence-electron chi connectivity index (χ1n) is 11.1. The Hall–Kier alpha value is -1.76. The highest BCUT2D eigenvalue weighted by Crippen LogP contribution is 2.43. The van der Waals surface area contributed by atoms with E-state index in [-0.39, 0.29) is 20.8 Å². The van der Waals surface area contributed by atoms with E-state index in [1.165, 1.54) is 6.92 Å². The topological polar surface area (TPSA) is 26.3 Å². The molecule has 2 rings (SSSR count). The molecule has 1 unspecified atom stereocenters. The number of hydrogen-bond acceptors (Lipinski definition) is 3. The Morgan fingerprint density at radius 3 is 2.02 bits per heavy atom. The van der Waals surface area contributed by atoms with E-state index in [9.17, 15) is 44.3 Å². The number of methoxy groups -OCH3 is 1. The van der Waals surface area contributed by atoms with Crippen LogP contribution in [0.4, 0.5) is 39.5 Å². The van der Waals surface area contributed by atoms with Crippen LogP contribution in [0.3, 0.4) is 0 Å². The van der Waals surface area contributed by atoms with Gasteiger partial charge in [0.25, 0.3) is 0 Å². The molecule has 2 nitrogen and oxygen atoms in total. The van der Waals surface area contributed by atoms with Crippen molar-refractivity contribution in [1.82, 2.24) is 0 Å². The van der Waals surface area contributed by atoms with Gasteiger partial charge in [-0.05, 0) is 41.5 Å². The fourth-order valence-electron chi connectivity index (χ4n) is 3.60. The number of alkyl halides is 9. The zero-order chi connectivity index (χ0) is 30.6. The molecule has 0 fully saturated rings. The third-order valence-electron chi connectivity index (χ3n) is 5.37. The Morgan fingerprint density at radius 2 is 1.55 bits per heavy atom. The molecule has 2 aromatic carbocycles. The molecule has 0 N–H and O–H groups in total. The van der Waals surface area contributed by atoms with Crippen LogP contribution in [-0.4, -0.2) is 36.8 Å². The number of Topliss-reactive ketones (excluding diaryl/α,β-unsaturated/α-hetero) is 1. The van der Waals surface area contributed by atoms with Crippen molar-refractivity contribution >= 4 is 58.1 Å². The van der Waals surface area contributed by atoms with E-state index in [1.54, 1.807) is 0 Å². The van der Waals surface area contributed by atoms with E-state index in [2.05, 4.69) is 0 Å². The average molecular weight is 662 g/mol. The first-order chi connectivity index (χ1) is 18.2. The molecule has 0 aliphatic carbocycles. The van der Waals surface area contributed by atoms with Gasteiger partial charge in [0, 0.05) is 17.5 Å². The van der Waals surface area contributed by atoms with E-state index < -0.39 is 76.3 Å². The highest BCUT2D eigenvalue weighted by Gasteiger charge is 2.41. The maximum absolute atomic E-state index is 14.0. The predicted octanol–water partition coefficient (Wildman–Crippen LogP) is 10.5. The number of thioether (sulfide) groups is 1. The molecule has 40 heavy (non-hydrogen) atoms. The van der Waals surface area contributed by atoms with Crippen LogP contribution in [0, 0.1) is 5.92 Å². The van der Waals surface area contributed by atoms with Gasteiger partial charge in [-0.25, -0.2) is 0 Å². The van der Waals surface area contributed by atoms with Gasteiger partial charge in [-0.2, -0.15) is 51.3 Å². The molecule has 15 heteroatoms. The lowest BCUT2D eigenvalue weighted by Gasteiger charge is -2.21. The average Bonchev–Trinajstić information content (AvgIpc) is 2.80. The highest BCUT2D eigenvalue weighted by molar-refractivity contribution is 7.99. The third-order valence-corrected chi connectivity index (χ3v) is 7.90. The summed E-state index contributed by atoms with van der Waals surface area (Å²) in [5, 5.41) is -0.745. The highest BCUT2D eigenvalue weighted by atomic mass is 35.5. The van der Waals surface area contributed by atoms with Gasteiger partial charge in [-0.3, -0.25) is 4.79 Å². The summed E-state index contributed by atoms with van der Waals surface area (Å²) in [5.74, 6) is -5.97. The van der Waals surface area contributed by atoms with Crippen LogP contribution >= 0.6 is 46.6 Å². The lowest BCUT2D eigenvalue weighted by atomic mass is 9.93. The molecule has 0 aliphatic heterocycles. The fraction of sp³-hybridized carbons (Fsp3) is 0.400. The van der Waals surface area contributed by atoms with Gasteiger partial charge in [0.1, 0.15) is 11.7 Å². The van der Waals surface area contributed by atoms with Crippen LogP contribution in [0.1, 0.15) is 46.3 Å². The van der Waals surface area contributed by atoms with Gasteiger partial charge in [0.15, 0.2) is 5.78 Å². The number of carbonyl (C=O) groups is 1. The summed E-state index contributed by atoms with van der Waals surface area (Å²) >= 11 is 18.0. The number of allylic oxidation sites excluding steroid dienone is 1. The lowest BCUT2D eigenvalue weighted by Crippen LogP contribution is -2.20. The molecule has 0 saturated heterocycles. The van der Waals surface area contributed by atoms with Gasteiger partial charge in [0.05, 0.1) is 33.5 Å². The molecule has 2 atom stereocenters. The zero-order valence-corrected chi connectivity index (χ0v) is 23.6. The Morgan fingerprint density at radius 1 is 0.975 bits per heavy atom. The first-order valence-corrected chi connectivity index (χ1v) is 13.4. The van der Waals surface area contributed by atoms with Gasteiger partial charge < -0.3 is 4.74 Å². The van der Waals surface area contributed by atoms with Gasteiger partial charge >= 0.3 is 18.5 Å². The van der Waals surface area contributed by atoms with Crippen LogP contribution in [0.15, 0.2) is 36.4 Å². The molecule has 222 valence electrons. The van der Waals surface area contributed by atoms with Crippen LogP contribution in [0.2, 0.25) is 15.1 Å². The van der Waals surface area contributed by atoms with E-state index in [0.717, 1.165) is 31.4 Å². The SMILES string of the molecule is CO/C(=C\C(c1cc(Cl)c(Cl)c(Cl)c1)C(F)(F)F)c1ccc(C(=O)C[C@H](C)CSCC(F)(F)F)c(C(F)(F)F)c1. The van der Waals surface area contributed by atoms with Crippen molar-refractivity contribution < 1.29 is 49.0 Å². The lowest BCUT2D eigenvalue weighted by molar-refractivity contribution is -0.140. The van der Waals surface area contributed by atoms with Crippen LogP contribution < -0.4 is 0 Å². The van der Waals surface area contributed by atoms with Crippen molar-refractivity contribution in [3.05, 3.63) is 73.7 Å². The second-order valence-corrected chi connectivity index (χ2v) is 10.9. The molecule has 0 bridgehead atoms. The van der Waals surface area contributed by atoms with Crippen LogP contribution in [0.5, 0.6) is 0 Å². The van der Waals surface area contributed by atoms with Crippen molar-refractivity contribution in [2.24, 2.45) is 5.92 Å². The molecule has 0 spiro atoms. The predicted molar refractivity (Wildman–Crippen MR) is 138 cm³/mol. The standard InChI is InChI=1S/C25H20Cl3F9O2S/c1-12(10-40-11-23(29,30)31)5-20(38)15-4-3-13(6-17(15)25(35,36)37)21(39-2)9-16(24(32,33)34)14-7-18(26)22(28)19(27)8-14/h3-4,6-9,12,16H,5,10-11H2,1-2H3/b21-9-/t12-,16?/m0/s1. The van der Waals surface area contributed by atoms with Gasteiger partial charge in [-0.1, -0.05) is 53.9 Å². The van der Waals surface area contributed by atoms with Crippen molar-refractivity contribution in [1.29, 1.82) is 0 Å². The summed E-state index contributed by atoms with van der Waals surface area (Å²) in [5.41, 5.74) is -3.08. The maximum Gasteiger partial charge on any atom is 0.417 e. The van der Waals surface area contributed by atoms with Crippen molar-refractivity contribution in [2.45, 2.75) is 37.8 Å². The van der Waals surface area contributed by atoms with Crippen molar-refractivity contribution in [2.75, 3.05) is 18.6 Å².